The van der Waals surface area contributed by atoms with Crippen LogP contribution in [0.25, 0.3) is 0 Å². The normalized spacial score (nSPS) is 16.7. The van der Waals surface area contributed by atoms with E-state index in [1.165, 1.54) is 13.0 Å². The molecule has 0 atom stereocenters. The van der Waals surface area contributed by atoms with E-state index in [-0.39, 0.29) is 17.2 Å². The van der Waals surface area contributed by atoms with Gasteiger partial charge in [-0.3, -0.25) is 0 Å². The average molecular weight is 335 g/mol. The lowest BCUT2D eigenvalue weighted by Gasteiger charge is -2.22. The van der Waals surface area contributed by atoms with Gasteiger partial charge in [0.25, 0.3) is 9.05 Å². The summed E-state index contributed by atoms with van der Waals surface area (Å²) in [6.45, 7) is 1.37. The van der Waals surface area contributed by atoms with Crippen LogP contribution in [-0.4, -0.2) is 20.5 Å². The molecule has 116 valence electrons. The van der Waals surface area contributed by atoms with Crippen LogP contribution in [0.4, 0.5) is 4.39 Å². The van der Waals surface area contributed by atoms with E-state index >= 15 is 0 Å². The number of halogens is 2. The molecule has 0 radical (unpaired) electrons. The molecule has 0 N–H and O–H groups in total. The van der Waals surface area contributed by atoms with Crippen molar-refractivity contribution in [3.05, 3.63) is 29.1 Å². The van der Waals surface area contributed by atoms with Crippen molar-refractivity contribution in [2.24, 2.45) is 0 Å². The van der Waals surface area contributed by atoms with Gasteiger partial charge in [-0.2, -0.15) is 0 Å². The van der Waals surface area contributed by atoms with Gasteiger partial charge < -0.3 is 4.74 Å². The number of rotatable bonds is 3. The Bertz CT molecular complexity index is 651. The molecular weight excluding hydrogens is 319 g/mol. The zero-order valence-electron chi connectivity index (χ0n) is 11.6. The Labute approximate surface area is 127 Å². The highest BCUT2D eigenvalue weighted by Gasteiger charge is 2.24. The minimum absolute atomic E-state index is 0.00121. The van der Waals surface area contributed by atoms with Crippen molar-refractivity contribution < 1.29 is 22.3 Å². The summed E-state index contributed by atoms with van der Waals surface area (Å²) >= 11 is 0. The van der Waals surface area contributed by atoms with Gasteiger partial charge in [-0.1, -0.05) is 6.42 Å². The van der Waals surface area contributed by atoms with Crippen molar-refractivity contribution in [2.45, 2.75) is 50.0 Å². The van der Waals surface area contributed by atoms with Crippen LogP contribution in [0.5, 0.6) is 0 Å². The second-order valence-corrected chi connectivity index (χ2v) is 7.74. The van der Waals surface area contributed by atoms with Gasteiger partial charge in [-0.05, 0) is 50.3 Å². The molecule has 0 unspecified atom stereocenters. The van der Waals surface area contributed by atoms with E-state index in [2.05, 4.69) is 0 Å². The smallest absolute Gasteiger partial charge is 0.338 e. The van der Waals surface area contributed by atoms with E-state index < -0.39 is 25.7 Å². The van der Waals surface area contributed by atoms with Crippen molar-refractivity contribution in [2.75, 3.05) is 0 Å². The summed E-state index contributed by atoms with van der Waals surface area (Å²) in [4.78, 5) is 11.4. The maximum absolute atomic E-state index is 13.8. The lowest BCUT2D eigenvalue weighted by atomic mass is 9.98. The van der Waals surface area contributed by atoms with Crippen molar-refractivity contribution >= 4 is 25.7 Å². The third-order valence-electron chi connectivity index (χ3n) is 3.55. The second kappa shape index (κ2) is 6.32. The predicted octanol–water partition coefficient (Wildman–Crippen LogP) is 3.55. The third kappa shape index (κ3) is 3.95. The summed E-state index contributed by atoms with van der Waals surface area (Å²) in [7, 11) is 0.929. The van der Waals surface area contributed by atoms with Crippen molar-refractivity contribution in [3.8, 4) is 0 Å². The van der Waals surface area contributed by atoms with Gasteiger partial charge in [-0.25, -0.2) is 17.6 Å². The minimum Gasteiger partial charge on any atom is -0.459 e. The Morgan fingerprint density at radius 1 is 1.29 bits per heavy atom. The minimum atomic E-state index is -4.26. The molecule has 2 rings (SSSR count). The molecule has 1 saturated carbocycles. The Hall–Kier alpha value is -1.14. The third-order valence-corrected chi connectivity index (χ3v) is 4.87. The number of carbonyl (C=O) groups excluding carboxylic acids is 1. The SMILES string of the molecule is Cc1cc(C(=O)OC2CCCCC2)cc(S(=O)(=O)Cl)c1F. The largest absolute Gasteiger partial charge is 0.459 e. The summed E-state index contributed by atoms with van der Waals surface area (Å²) in [6.07, 6.45) is 4.56. The topological polar surface area (TPSA) is 60.4 Å². The monoisotopic (exact) mass is 334 g/mol. The predicted molar refractivity (Wildman–Crippen MR) is 76.5 cm³/mol. The Morgan fingerprint density at radius 3 is 2.48 bits per heavy atom. The fourth-order valence-corrected chi connectivity index (χ4v) is 3.41. The zero-order chi connectivity index (χ0) is 15.6. The molecule has 1 aromatic carbocycles. The van der Waals surface area contributed by atoms with Crippen LogP contribution in [0.2, 0.25) is 0 Å². The van der Waals surface area contributed by atoms with Crippen LogP contribution in [0.3, 0.4) is 0 Å². The molecule has 0 amide bonds. The number of benzene rings is 1. The van der Waals surface area contributed by atoms with Crippen LogP contribution in [-0.2, 0) is 13.8 Å². The lowest BCUT2D eigenvalue weighted by molar-refractivity contribution is 0.0210. The second-order valence-electron chi connectivity index (χ2n) is 5.21. The maximum Gasteiger partial charge on any atom is 0.338 e. The number of ether oxygens (including phenoxy) is 1. The molecule has 1 aliphatic carbocycles. The molecule has 0 bridgehead atoms. The van der Waals surface area contributed by atoms with Gasteiger partial charge >= 0.3 is 5.97 Å². The molecule has 21 heavy (non-hydrogen) atoms. The van der Waals surface area contributed by atoms with Gasteiger partial charge in [0.2, 0.25) is 0 Å². The number of aryl methyl sites for hydroxylation is 1. The Morgan fingerprint density at radius 2 is 1.90 bits per heavy atom. The molecule has 4 nitrogen and oxygen atoms in total. The van der Waals surface area contributed by atoms with Crippen molar-refractivity contribution in [1.29, 1.82) is 0 Å². The van der Waals surface area contributed by atoms with Gasteiger partial charge in [0, 0.05) is 10.7 Å². The molecule has 7 heteroatoms. The number of hydrogen-bond acceptors (Lipinski definition) is 4. The molecule has 0 heterocycles. The van der Waals surface area contributed by atoms with Crippen LogP contribution in [0.1, 0.15) is 48.0 Å². The summed E-state index contributed by atoms with van der Waals surface area (Å²) in [5.74, 6) is -1.59. The summed E-state index contributed by atoms with van der Waals surface area (Å²) < 4.78 is 41.8. The van der Waals surface area contributed by atoms with Crippen LogP contribution >= 0.6 is 10.7 Å². The first-order chi connectivity index (χ1) is 9.79. The molecule has 0 aromatic heterocycles. The summed E-state index contributed by atoms with van der Waals surface area (Å²) in [5, 5.41) is 0. The van der Waals surface area contributed by atoms with Gasteiger partial charge in [0.1, 0.15) is 16.8 Å². The van der Waals surface area contributed by atoms with E-state index in [4.69, 9.17) is 15.4 Å². The first kappa shape index (κ1) is 16.2. The fourth-order valence-electron chi connectivity index (χ4n) is 2.43. The van der Waals surface area contributed by atoms with E-state index in [0.29, 0.717) is 0 Å². The molecular formula is C14H16ClFO4S. The van der Waals surface area contributed by atoms with Crippen LogP contribution in [0, 0.1) is 12.7 Å². The Balaban J connectivity index is 2.27. The van der Waals surface area contributed by atoms with E-state index in [0.717, 1.165) is 38.2 Å². The standard InChI is InChI=1S/C14H16ClFO4S/c1-9-7-10(8-12(13(9)16)21(15,18)19)14(17)20-11-5-3-2-4-6-11/h7-8,11H,2-6H2,1H3. The highest BCUT2D eigenvalue weighted by Crippen LogP contribution is 2.26. The summed E-state index contributed by atoms with van der Waals surface area (Å²) in [5.41, 5.74) is 0.0333. The number of carbonyl (C=O) groups is 1. The van der Waals surface area contributed by atoms with Crippen molar-refractivity contribution in [3.63, 3.8) is 0 Å². The summed E-state index contributed by atoms with van der Waals surface area (Å²) in [6, 6.07) is 2.20. The zero-order valence-corrected chi connectivity index (χ0v) is 13.1. The van der Waals surface area contributed by atoms with Crippen molar-refractivity contribution in [1.82, 2.24) is 0 Å². The first-order valence-electron chi connectivity index (χ1n) is 6.75. The van der Waals surface area contributed by atoms with E-state index in [9.17, 15) is 17.6 Å². The Kier molecular flexibility index (Phi) is 4.88. The van der Waals surface area contributed by atoms with Gasteiger partial charge in [0.15, 0.2) is 0 Å². The number of esters is 1. The number of hydrogen-bond donors (Lipinski definition) is 0. The lowest BCUT2D eigenvalue weighted by Crippen LogP contribution is -2.21. The van der Waals surface area contributed by atoms with Crippen LogP contribution < -0.4 is 0 Å². The highest BCUT2D eigenvalue weighted by molar-refractivity contribution is 8.13. The van der Waals surface area contributed by atoms with E-state index in [1.54, 1.807) is 0 Å². The first-order valence-corrected chi connectivity index (χ1v) is 9.06. The highest BCUT2D eigenvalue weighted by atomic mass is 35.7. The molecule has 1 aliphatic rings. The maximum atomic E-state index is 13.8. The molecule has 1 aromatic rings. The quantitative estimate of drug-likeness (QED) is 0.626. The molecule has 0 saturated heterocycles. The fraction of sp³-hybridized carbons (Fsp3) is 0.500. The van der Waals surface area contributed by atoms with Gasteiger partial charge in [-0.15, -0.1) is 0 Å². The molecule has 0 aliphatic heterocycles. The van der Waals surface area contributed by atoms with Crippen LogP contribution in [0.15, 0.2) is 17.0 Å². The van der Waals surface area contributed by atoms with Gasteiger partial charge in [0.05, 0.1) is 5.56 Å². The van der Waals surface area contributed by atoms with E-state index in [1.807, 2.05) is 0 Å². The molecule has 0 spiro atoms. The average Bonchev–Trinajstić information content (AvgIpc) is 2.41. The molecule has 1 fully saturated rings.